The van der Waals surface area contributed by atoms with Gasteiger partial charge in [0.05, 0.1) is 11.0 Å². The summed E-state index contributed by atoms with van der Waals surface area (Å²) >= 11 is 0. The third kappa shape index (κ3) is 3.67. The minimum Gasteiger partial charge on any atom is -0.481 e. The number of likely N-dealkylation sites (tertiary alicyclic amines) is 1. The highest BCUT2D eigenvalue weighted by molar-refractivity contribution is 5.92. The van der Waals surface area contributed by atoms with Crippen molar-refractivity contribution >= 4 is 22.9 Å². The Hall–Kier alpha value is -2.28. The molecule has 1 aliphatic heterocycles. The number of piperidine rings is 1. The van der Waals surface area contributed by atoms with Gasteiger partial charge in [0.25, 0.3) is 0 Å². The van der Waals surface area contributed by atoms with Gasteiger partial charge in [0.2, 0.25) is 0 Å². The highest BCUT2D eigenvalue weighted by Gasteiger charge is 2.41. The van der Waals surface area contributed by atoms with E-state index in [2.05, 4.69) is 16.0 Å². The number of aromatic nitrogens is 1. The predicted molar refractivity (Wildman–Crippen MR) is 113 cm³/mol. The van der Waals surface area contributed by atoms with E-state index in [9.17, 15) is 23.1 Å². The molecule has 1 unspecified atom stereocenters. The van der Waals surface area contributed by atoms with E-state index in [-0.39, 0.29) is 0 Å². The quantitative estimate of drug-likeness (QED) is 0.672. The molecule has 0 amide bonds. The summed E-state index contributed by atoms with van der Waals surface area (Å²) in [5.41, 5.74) is 2.71. The summed E-state index contributed by atoms with van der Waals surface area (Å²) in [7, 11) is 0. The molecule has 2 heterocycles. The maximum absolute atomic E-state index is 13.2. The van der Waals surface area contributed by atoms with E-state index in [1.165, 1.54) is 17.7 Å². The van der Waals surface area contributed by atoms with E-state index in [4.69, 9.17) is 0 Å². The van der Waals surface area contributed by atoms with Gasteiger partial charge in [0.1, 0.15) is 0 Å². The van der Waals surface area contributed by atoms with Crippen LogP contribution in [0.15, 0.2) is 23.8 Å². The fourth-order valence-electron chi connectivity index (χ4n) is 5.77. The zero-order valence-corrected chi connectivity index (χ0v) is 17.4. The van der Waals surface area contributed by atoms with Crippen LogP contribution in [0.25, 0.3) is 17.0 Å². The lowest BCUT2D eigenvalue weighted by Gasteiger charge is -2.37. The topological polar surface area (TPSA) is 56.3 Å². The monoisotopic (exact) mass is 432 g/mol. The number of carboxylic acid groups (broad SMARTS) is 1. The molecule has 1 aromatic heterocycles. The highest BCUT2D eigenvalue weighted by Crippen LogP contribution is 2.43. The van der Waals surface area contributed by atoms with Crippen LogP contribution in [0.3, 0.4) is 0 Å². The van der Waals surface area contributed by atoms with Crippen LogP contribution < -0.4 is 0 Å². The van der Waals surface area contributed by atoms with Crippen LogP contribution >= 0.6 is 0 Å². The van der Waals surface area contributed by atoms with Gasteiger partial charge in [-0.25, -0.2) is 0 Å². The molecule has 166 valence electrons. The molecular weight excluding hydrogens is 405 g/mol. The molecule has 31 heavy (non-hydrogen) atoms. The Morgan fingerprint density at radius 1 is 1.26 bits per heavy atom. The van der Waals surface area contributed by atoms with Gasteiger partial charge in [-0.1, -0.05) is 24.5 Å². The van der Waals surface area contributed by atoms with Crippen molar-refractivity contribution in [1.29, 1.82) is 0 Å². The van der Waals surface area contributed by atoms with Gasteiger partial charge >= 0.3 is 12.1 Å². The first-order valence-corrected chi connectivity index (χ1v) is 11.1. The van der Waals surface area contributed by atoms with E-state index >= 15 is 0 Å². The summed E-state index contributed by atoms with van der Waals surface area (Å²) in [4.78, 5) is 17.5. The zero-order valence-electron chi connectivity index (χ0n) is 17.4. The molecule has 7 heteroatoms. The SMILES string of the molecule is O=C(O)C1(CCN2CCC3Cc4[nH]c5ccc(C(F)(F)F)cc5c4C=C3C2)CCCC1. The van der Waals surface area contributed by atoms with Gasteiger partial charge < -0.3 is 10.1 Å². The Kier molecular flexibility index (Phi) is 4.92. The zero-order chi connectivity index (χ0) is 21.8. The largest absolute Gasteiger partial charge is 0.481 e. The number of benzene rings is 1. The third-order valence-corrected chi connectivity index (χ3v) is 7.67. The molecule has 3 aliphatic rings. The number of fused-ring (bicyclic) bond motifs is 4. The average molecular weight is 432 g/mol. The Labute approximate surface area is 179 Å². The van der Waals surface area contributed by atoms with Crippen molar-refractivity contribution < 1.29 is 23.1 Å². The van der Waals surface area contributed by atoms with Crippen molar-refractivity contribution in [2.75, 3.05) is 19.6 Å². The normalized spacial score (nSPS) is 23.5. The second-order valence-corrected chi connectivity index (χ2v) is 9.50. The van der Waals surface area contributed by atoms with Crippen molar-refractivity contribution in [3.63, 3.8) is 0 Å². The number of aromatic amines is 1. The minimum atomic E-state index is -4.36. The lowest BCUT2D eigenvalue weighted by Crippen LogP contribution is -2.40. The molecule has 2 N–H and O–H groups in total. The first-order chi connectivity index (χ1) is 14.7. The number of carbonyl (C=O) groups is 1. The molecule has 0 spiro atoms. The molecule has 2 aliphatic carbocycles. The number of nitrogens with zero attached hydrogens (tertiary/aromatic N) is 1. The Bertz CT molecular complexity index is 1050. The molecule has 1 saturated heterocycles. The standard InChI is InChI=1S/C24H27F3N2O2/c25-24(26,27)17-3-4-20-19(13-17)18-11-16-14-29(9-5-15(16)12-21(18)28-20)10-8-23(22(30)31)6-1-2-7-23/h3-4,11,13,15,28H,1-2,5-10,12,14H2,(H,30,31). The van der Waals surface area contributed by atoms with Crippen molar-refractivity contribution in [2.24, 2.45) is 11.3 Å². The van der Waals surface area contributed by atoms with Gasteiger partial charge in [-0.3, -0.25) is 9.69 Å². The molecular formula is C24H27F3N2O2. The van der Waals surface area contributed by atoms with Gasteiger partial charge in [-0.05, 0) is 69.3 Å². The Morgan fingerprint density at radius 2 is 2.03 bits per heavy atom. The van der Waals surface area contributed by atoms with Gasteiger partial charge in [-0.15, -0.1) is 0 Å². The lowest BCUT2D eigenvalue weighted by molar-refractivity contribution is -0.149. The number of carboxylic acids is 1. The summed E-state index contributed by atoms with van der Waals surface area (Å²) in [6.45, 7) is 2.46. The second kappa shape index (κ2) is 7.40. The maximum Gasteiger partial charge on any atom is 0.416 e. The molecule has 1 saturated carbocycles. The van der Waals surface area contributed by atoms with Crippen LogP contribution in [-0.2, 0) is 17.4 Å². The van der Waals surface area contributed by atoms with Crippen LogP contribution in [0.5, 0.6) is 0 Å². The number of H-pyrrole nitrogens is 1. The number of aliphatic carboxylic acids is 1. The molecule has 1 atom stereocenters. The van der Waals surface area contributed by atoms with Crippen molar-refractivity contribution in [3.05, 3.63) is 40.6 Å². The Balaban J connectivity index is 1.37. The Morgan fingerprint density at radius 3 is 2.74 bits per heavy atom. The van der Waals surface area contributed by atoms with Gasteiger partial charge in [-0.2, -0.15) is 13.2 Å². The highest BCUT2D eigenvalue weighted by atomic mass is 19.4. The number of halogens is 3. The molecule has 0 radical (unpaired) electrons. The average Bonchev–Trinajstić information content (AvgIpc) is 3.34. The van der Waals surface area contributed by atoms with Crippen molar-refractivity contribution in [1.82, 2.24) is 9.88 Å². The first-order valence-electron chi connectivity index (χ1n) is 11.1. The van der Waals surface area contributed by atoms with E-state index < -0.39 is 23.1 Å². The fraction of sp³-hybridized carbons (Fsp3) is 0.542. The fourth-order valence-corrected chi connectivity index (χ4v) is 5.77. The van der Waals surface area contributed by atoms with Crippen LogP contribution in [-0.4, -0.2) is 40.6 Å². The molecule has 2 fully saturated rings. The van der Waals surface area contributed by atoms with Crippen LogP contribution in [0, 0.1) is 11.3 Å². The third-order valence-electron chi connectivity index (χ3n) is 7.67. The number of nitrogens with one attached hydrogen (secondary N) is 1. The van der Waals surface area contributed by atoms with Crippen LogP contribution in [0.4, 0.5) is 13.2 Å². The van der Waals surface area contributed by atoms with E-state index in [0.29, 0.717) is 17.7 Å². The molecule has 0 bridgehead atoms. The van der Waals surface area contributed by atoms with Gasteiger partial charge in [0, 0.05) is 28.7 Å². The maximum atomic E-state index is 13.2. The van der Waals surface area contributed by atoms with E-state index in [1.807, 2.05) is 0 Å². The first kappa shape index (κ1) is 20.6. The van der Waals surface area contributed by atoms with E-state index in [1.54, 1.807) is 0 Å². The smallest absolute Gasteiger partial charge is 0.416 e. The second-order valence-electron chi connectivity index (χ2n) is 9.50. The number of rotatable bonds is 4. The summed E-state index contributed by atoms with van der Waals surface area (Å²) in [6, 6.07) is 3.91. The predicted octanol–water partition coefficient (Wildman–Crippen LogP) is 5.48. The number of hydrogen-bond acceptors (Lipinski definition) is 2. The van der Waals surface area contributed by atoms with Crippen LogP contribution in [0.1, 0.15) is 55.3 Å². The lowest BCUT2D eigenvalue weighted by atomic mass is 9.80. The minimum absolute atomic E-state index is 0.402. The van der Waals surface area contributed by atoms with E-state index in [0.717, 1.165) is 81.0 Å². The molecule has 5 rings (SSSR count). The summed E-state index contributed by atoms with van der Waals surface area (Å²) < 4.78 is 39.6. The van der Waals surface area contributed by atoms with Crippen LogP contribution in [0.2, 0.25) is 0 Å². The number of alkyl halides is 3. The molecule has 1 aromatic carbocycles. The molecule has 2 aromatic rings. The van der Waals surface area contributed by atoms with Crippen molar-refractivity contribution in [3.8, 4) is 0 Å². The van der Waals surface area contributed by atoms with Gasteiger partial charge in [0.15, 0.2) is 0 Å². The molecule has 4 nitrogen and oxygen atoms in total. The number of hydrogen-bond donors (Lipinski definition) is 2. The van der Waals surface area contributed by atoms with Crippen molar-refractivity contribution in [2.45, 2.75) is 51.1 Å². The summed E-state index contributed by atoms with van der Waals surface area (Å²) in [5, 5.41) is 10.4. The summed E-state index contributed by atoms with van der Waals surface area (Å²) in [6.07, 6.45) is 3.73. The summed E-state index contributed by atoms with van der Waals surface area (Å²) in [5.74, 6) is -0.264.